The first-order valence-corrected chi connectivity index (χ1v) is 5.88. The van der Waals surface area contributed by atoms with E-state index in [1.165, 1.54) is 11.8 Å². The lowest BCUT2D eigenvalue weighted by Crippen LogP contribution is -2.14. The number of nitrogens with zero attached hydrogens (tertiary/aromatic N) is 2. The zero-order chi connectivity index (χ0) is 9.68. The van der Waals surface area contributed by atoms with Gasteiger partial charge in [0.25, 0.3) is 0 Å². The Morgan fingerprint density at radius 1 is 1.62 bits per heavy atom. The van der Waals surface area contributed by atoms with Crippen molar-refractivity contribution in [2.45, 2.75) is 11.9 Å². The maximum Gasteiger partial charge on any atom is 0.138 e. The second kappa shape index (κ2) is 5.77. The average Bonchev–Trinajstić information content (AvgIpc) is 2.52. The molecule has 0 saturated heterocycles. The van der Waals surface area contributed by atoms with Crippen molar-refractivity contribution in [1.29, 1.82) is 0 Å². The van der Waals surface area contributed by atoms with E-state index in [1.54, 1.807) is 0 Å². The molecule has 0 saturated carbocycles. The van der Waals surface area contributed by atoms with E-state index in [0.29, 0.717) is 15.8 Å². The summed E-state index contributed by atoms with van der Waals surface area (Å²) < 4.78 is 4.26. The minimum absolute atomic E-state index is 0.212. The molecule has 0 aliphatic heterocycles. The lowest BCUT2D eigenvalue weighted by atomic mass is 10.4. The highest BCUT2D eigenvalue weighted by molar-refractivity contribution is 7.98. The van der Waals surface area contributed by atoms with Crippen LogP contribution in [0.25, 0.3) is 0 Å². The predicted octanol–water partition coefficient (Wildman–Crippen LogP) is 0.778. The summed E-state index contributed by atoms with van der Waals surface area (Å²) in [5.41, 5.74) is 0.738. The average molecular weight is 241 g/mol. The van der Waals surface area contributed by atoms with Gasteiger partial charge in [-0.15, -0.1) is 5.10 Å². The van der Waals surface area contributed by atoms with E-state index in [2.05, 4.69) is 9.59 Å². The van der Waals surface area contributed by atoms with Gasteiger partial charge in [0.1, 0.15) is 10.0 Å². The van der Waals surface area contributed by atoms with Crippen molar-refractivity contribution in [3.63, 3.8) is 0 Å². The number of halogens is 1. The smallest absolute Gasteiger partial charge is 0.138 e. The highest BCUT2D eigenvalue weighted by atomic mass is 35.5. The van der Waals surface area contributed by atoms with E-state index in [4.69, 9.17) is 21.8 Å². The molecule has 7 heteroatoms. The molecule has 0 aromatic carbocycles. The largest absolute Gasteiger partial charge is 0.394 e. The summed E-state index contributed by atoms with van der Waals surface area (Å²) in [7, 11) is 0. The quantitative estimate of drug-likeness (QED) is 0.796. The number of aromatic nitrogens is 2. The number of aliphatic hydroxyl groups is 2. The molecule has 0 fully saturated rings. The van der Waals surface area contributed by atoms with Crippen LogP contribution in [0.5, 0.6) is 0 Å². The van der Waals surface area contributed by atoms with E-state index in [0.717, 1.165) is 17.2 Å². The minimum Gasteiger partial charge on any atom is -0.394 e. The van der Waals surface area contributed by atoms with Gasteiger partial charge in [0.2, 0.25) is 0 Å². The van der Waals surface area contributed by atoms with Crippen molar-refractivity contribution in [3.8, 4) is 0 Å². The van der Waals surface area contributed by atoms with Crippen molar-refractivity contribution in [1.82, 2.24) is 9.59 Å². The highest BCUT2D eigenvalue weighted by Gasteiger charge is 2.07. The van der Waals surface area contributed by atoms with Crippen molar-refractivity contribution in [3.05, 3.63) is 10.0 Å². The third kappa shape index (κ3) is 3.78. The highest BCUT2D eigenvalue weighted by Crippen LogP contribution is 2.22. The van der Waals surface area contributed by atoms with Crippen LogP contribution < -0.4 is 0 Å². The lowest BCUT2D eigenvalue weighted by Gasteiger charge is -2.04. The zero-order valence-electron chi connectivity index (χ0n) is 6.68. The Balaban J connectivity index is 2.24. The molecule has 1 aromatic heterocycles. The van der Waals surface area contributed by atoms with Crippen LogP contribution in [0.2, 0.25) is 4.34 Å². The molecular formula is C6H9ClN2O2S2. The number of aliphatic hydroxyl groups excluding tert-OH is 2. The van der Waals surface area contributed by atoms with Crippen LogP contribution in [0, 0.1) is 0 Å². The van der Waals surface area contributed by atoms with Gasteiger partial charge >= 0.3 is 0 Å². The fourth-order valence-electron chi connectivity index (χ4n) is 0.627. The molecule has 74 valence electrons. The SMILES string of the molecule is OCC(O)CSCc1nnsc1Cl. The van der Waals surface area contributed by atoms with Crippen LogP contribution in [-0.4, -0.2) is 38.3 Å². The van der Waals surface area contributed by atoms with Gasteiger partial charge in [-0.3, -0.25) is 0 Å². The van der Waals surface area contributed by atoms with Gasteiger partial charge in [-0.25, -0.2) is 0 Å². The van der Waals surface area contributed by atoms with Crippen LogP contribution >= 0.6 is 34.9 Å². The Hall–Kier alpha value is 0.120. The lowest BCUT2D eigenvalue weighted by molar-refractivity contribution is 0.113. The molecule has 0 amide bonds. The fourth-order valence-corrected chi connectivity index (χ4v) is 2.32. The van der Waals surface area contributed by atoms with Crippen molar-refractivity contribution >= 4 is 34.9 Å². The molecule has 2 N–H and O–H groups in total. The van der Waals surface area contributed by atoms with Crippen molar-refractivity contribution in [2.75, 3.05) is 12.4 Å². The Bertz CT molecular complexity index is 259. The maximum absolute atomic E-state index is 9.02. The van der Waals surface area contributed by atoms with Gasteiger partial charge in [-0.05, 0) is 0 Å². The van der Waals surface area contributed by atoms with Gasteiger partial charge < -0.3 is 10.2 Å². The Labute approximate surface area is 89.1 Å². The molecule has 1 heterocycles. The first kappa shape index (κ1) is 11.2. The summed E-state index contributed by atoms with van der Waals surface area (Å²) in [6.07, 6.45) is -0.671. The number of hydrogen-bond acceptors (Lipinski definition) is 6. The molecule has 1 rings (SSSR count). The van der Waals surface area contributed by atoms with E-state index < -0.39 is 6.10 Å². The third-order valence-corrected chi connectivity index (χ3v) is 3.35. The van der Waals surface area contributed by atoms with Gasteiger partial charge in [0.15, 0.2) is 0 Å². The molecule has 1 unspecified atom stereocenters. The Kier molecular flexibility index (Phi) is 4.97. The second-order valence-electron chi connectivity index (χ2n) is 2.34. The molecule has 13 heavy (non-hydrogen) atoms. The van der Waals surface area contributed by atoms with E-state index >= 15 is 0 Å². The predicted molar refractivity (Wildman–Crippen MR) is 54.2 cm³/mol. The molecule has 0 bridgehead atoms. The van der Waals surface area contributed by atoms with E-state index in [9.17, 15) is 0 Å². The summed E-state index contributed by atoms with van der Waals surface area (Å²) in [5, 5.41) is 21.4. The van der Waals surface area contributed by atoms with Crippen LogP contribution in [0.15, 0.2) is 0 Å². The van der Waals surface area contributed by atoms with Gasteiger partial charge in [-0.1, -0.05) is 16.1 Å². The maximum atomic E-state index is 9.02. The molecule has 0 aliphatic carbocycles. The van der Waals surface area contributed by atoms with Crippen LogP contribution in [-0.2, 0) is 5.75 Å². The monoisotopic (exact) mass is 240 g/mol. The molecule has 0 spiro atoms. The topological polar surface area (TPSA) is 66.2 Å². The second-order valence-corrected chi connectivity index (χ2v) is 4.73. The fraction of sp³-hybridized carbons (Fsp3) is 0.667. The van der Waals surface area contributed by atoms with Gasteiger partial charge in [0, 0.05) is 23.0 Å². The van der Waals surface area contributed by atoms with Crippen molar-refractivity contribution < 1.29 is 10.2 Å². The molecule has 0 aliphatic rings. The molecule has 1 aromatic rings. The van der Waals surface area contributed by atoms with Crippen molar-refractivity contribution in [2.24, 2.45) is 0 Å². The van der Waals surface area contributed by atoms with E-state index in [1.807, 2.05) is 0 Å². The standard InChI is InChI=1S/C6H9ClN2O2S2/c7-6-5(8-9-13-6)3-12-2-4(11)1-10/h4,10-11H,1-3H2. The molecular weight excluding hydrogens is 232 g/mol. The van der Waals surface area contributed by atoms with Crippen LogP contribution in [0.3, 0.4) is 0 Å². The number of hydrogen-bond donors (Lipinski definition) is 2. The molecule has 0 radical (unpaired) electrons. The summed E-state index contributed by atoms with van der Waals surface area (Å²) >= 11 is 8.37. The first-order chi connectivity index (χ1) is 6.24. The molecule has 1 atom stereocenters. The van der Waals surface area contributed by atoms with Crippen LogP contribution in [0.4, 0.5) is 0 Å². The summed E-state index contributed by atoms with van der Waals surface area (Å²) in [4.78, 5) is 0. The van der Waals surface area contributed by atoms with Gasteiger partial charge in [-0.2, -0.15) is 11.8 Å². The Morgan fingerprint density at radius 2 is 2.38 bits per heavy atom. The first-order valence-electron chi connectivity index (χ1n) is 3.57. The minimum atomic E-state index is -0.671. The Morgan fingerprint density at radius 3 is 2.92 bits per heavy atom. The normalized spacial score (nSPS) is 13.2. The molecule has 4 nitrogen and oxygen atoms in total. The third-order valence-electron chi connectivity index (χ3n) is 1.27. The van der Waals surface area contributed by atoms with Gasteiger partial charge in [0.05, 0.1) is 12.7 Å². The number of rotatable bonds is 5. The zero-order valence-corrected chi connectivity index (χ0v) is 9.07. The summed E-state index contributed by atoms with van der Waals surface area (Å²) in [5.74, 6) is 1.09. The van der Waals surface area contributed by atoms with Crippen LogP contribution in [0.1, 0.15) is 5.69 Å². The summed E-state index contributed by atoms with van der Waals surface area (Å²) in [6, 6.07) is 0. The van der Waals surface area contributed by atoms with E-state index in [-0.39, 0.29) is 6.61 Å². The summed E-state index contributed by atoms with van der Waals surface area (Å²) in [6.45, 7) is -0.212. The number of thioether (sulfide) groups is 1.